The lowest BCUT2D eigenvalue weighted by molar-refractivity contribution is -0.145. The van der Waals surface area contributed by atoms with Crippen LogP contribution in [0.4, 0.5) is 32.2 Å². The van der Waals surface area contributed by atoms with Gasteiger partial charge in [0, 0.05) is 55.9 Å². The van der Waals surface area contributed by atoms with Crippen molar-refractivity contribution in [1.29, 1.82) is 0 Å². The molecule has 1 saturated carbocycles. The molecule has 0 atom stereocenters. The highest BCUT2D eigenvalue weighted by molar-refractivity contribution is 9.10. The van der Waals surface area contributed by atoms with Crippen LogP contribution in [0.1, 0.15) is 89.0 Å². The third-order valence-electron chi connectivity index (χ3n) is 7.76. The Morgan fingerprint density at radius 1 is 1.02 bits per heavy atom. The number of hydrogen-bond acceptors (Lipinski definition) is 7. The predicted molar refractivity (Wildman–Crippen MR) is 193 cm³/mol. The topological polar surface area (TPSA) is 113 Å². The molecule has 0 aliphatic heterocycles. The Bertz CT molecular complexity index is 1370. The van der Waals surface area contributed by atoms with Crippen molar-refractivity contribution in [2.75, 3.05) is 31.6 Å². The van der Waals surface area contributed by atoms with Crippen molar-refractivity contribution in [1.82, 2.24) is 15.0 Å². The minimum Gasteiger partial charge on any atom is -0.466 e. The second-order valence-corrected chi connectivity index (χ2v) is 12.7. The van der Waals surface area contributed by atoms with Crippen LogP contribution in [0.15, 0.2) is 52.7 Å². The molecule has 1 aromatic heterocycles. The van der Waals surface area contributed by atoms with Crippen LogP contribution in [0.25, 0.3) is 0 Å². The zero-order chi connectivity index (χ0) is 38.9. The van der Waals surface area contributed by atoms with E-state index in [4.69, 9.17) is 16.3 Å². The van der Waals surface area contributed by atoms with Crippen molar-refractivity contribution >= 4 is 33.7 Å². The van der Waals surface area contributed by atoms with Gasteiger partial charge in [-0.15, -0.1) is 11.7 Å². The average Bonchev–Trinajstić information content (AvgIpc) is 3.04. The second-order valence-electron chi connectivity index (χ2n) is 11.8. The monoisotopic (exact) mass is 795 g/mol. The average molecular weight is 797 g/mol. The van der Waals surface area contributed by atoms with Crippen LogP contribution in [-0.4, -0.2) is 53.7 Å². The van der Waals surface area contributed by atoms with Gasteiger partial charge in [-0.05, 0) is 104 Å². The number of nitrogens with two attached hydrogens (primary N) is 2. The number of esters is 1. The summed E-state index contributed by atoms with van der Waals surface area (Å²) in [5.74, 6) is 6.45. The molecule has 51 heavy (non-hydrogen) atoms. The Kier molecular flexibility index (Phi) is 19.4. The van der Waals surface area contributed by atoms with E-state index in [1.54, 1.807) is 25.3 Å². The predicted octanol–water partition coefficient (Wildman–Crippen LogP) is 8.72. The molecule has 0 radical (unpaired) electrons. The molecule has 0 saturated heterocycles. The minimum absolute atomic E-state index is 0.0503. The molecule has 0 spiro atoms. The first-order chi connectivity index (χ1) is 23.9. The number of carbonyl (C=O) groups is 1. The van der Waals surface area contributed by atoms with Gasteiger partial charge in [0.1, 0.15) is 5.82 Å². The highest BCUT2D eigenvalue weighted by Crippen LogP contribution is 2.37. The van der Waals surface area contributed by atoms with E-state index in [9.17, 15) is 31.1 Å². The van der Waals surface area contributed by atoms with Crippen LogP contribution in [0, 0.1) is 11.8 Å². The smallest absolute Gasteiger partial charge is 0.416 e. The summed E-state index contributed by atoms with van der Waals surface area (Å²) in [6.45, 7) is 14.1. The molecule has 0 bridgehead atoms. The molecule has 1 fully saturated rings. The largest absolute Gasteiger partial charge is 0.466 e. The van der Waals surface area contributed by atoms with Gasteiger partial charge in [-0.2, -0.15) is 26.3 Å². The summed E-state index contributed by atoms with van der Waals surface area (Å²) in [5.41, 5.74) is 3.70. The minimum atomic E-state index is -5.00. The van der Waals surface area contributed by atoms with Gasteiger partial charge in [0.25, 0.3) is 0 Å². The Labute approximate surface area is 306 Å². The van der Waals surface area contributed by atoms with Crippen molar-refractivity contribution < 1.29 is 35.9 Å². The second kappa shape index (κ2) is 21.7. The van der Waals surface area contributed by atoms with Crippen molar-refractivity contribution in [2.24, 2.45) is 28.5 Å². The maximum atomic E-state index is 13.6. The molecule has 1 aliphatic rings. The number of hydrogen-bond donors (Lipinski definition) is 2. The summed E-state index contributed by atoms with van der Waals surface area (Å²) in [7, 11) is 1.38. The summed E-state index contributed by atoms with van der Waals surface area (Å²) in [6, 6.07) is 3.19. The summed E-state index contributed by atoms with van der Waals surface area (Å²) >= 11 is 3.42. The van der Waals surface area contributed by atoms with Gasteiger partial charge in [-0.3, -0.25) is 4.79 Å². The molecular weight excluding hydrogens is 744 g/mol. The Morgan fingerprint density at radius 2 is 1.55 bits per heavy atom. The van der Waals surface area contributed by atoms with Gasteiger partial charge in [0.2, 0.25) is 5.96 Å². The van der Waals surface area contributed by atoms with E-state index in [1.807, 2.05) is 27.7 Å². The molecule has 4 N–H and O–H groups in total. The number of anilines is 1. The number of guanidine groups is 1. The van der Waals surface area contributed by atoms with E-state index < -0.39 is 30.0 Å². The number of pyridine rings is 1. The fraction of sp³-hybridized carbons (Fsp3) is 0.571. The van der Waals surface area contributed by atoms with Crippen LogP contribution in [0.2, 0.25) is 0 Å². The van der Waals surface area contributed by atoms with E-state index in [0.29, 0.717) is 60.0 Å². The van der Waals surface area contributed by atoms with Crippen molar-refractivity contribution in [3.05, 3.63) is 69.8 Å². The number of nitrogens with zero attached hydrogens (tertiary/aromatic N) is 5. The highest BCUT2D eigenvalue weighted by atomic mass is 79.9. The lowest BCUT2D eigenvalue weighted by Crippen LogP contribution is -2.40. The first kappa shape index (κ1) is 45.5. The molecule has 1 heterocycles. The maximum absolute atomic E-state index is 13.6. The lowest BCUT2D eigenvalue weighted by atomic mass is 9.80. The van der Waals surface area contributed by atoms with E-state index >= 15 is 0 Å². The molecule has 1 aliphatic carbocycles. The van der Waals surface area contributed by atoms with Crippen molar-refractivity contribution in [2.45, 2.75) is 92.2 Å². The van der Waals surface area contributed by atoms with Crippen LogP contribution in [0.3, 0.4) is 0 Å². The summed E-state index contributed by atoms with van der Waals surface area (Å²) < 4.78 is 87.2. The lowest BCUT2D eigenvalue weighted by Gasteiger charge is -2.34. The summed E-state index contributed by atoms with van der Waals surface area (Å²) in [5, 5.41) is 4.87. The Balaban J connectivity index is 0.00000246. The van der Waals surface area contributed by atoms with Crippen molar-refractivity contribution in [3.63, 3.8) is 0 Å². The molecule has 288 valence electrons. The zero-order valence-electron chi connectivity index (χ0n) is 30.2. The van der Waals surface area contributed by atoms with Crippen LogP contribution < -0.4 is 16.5 Å². The molecule has 0 unspecified atom stereocenters. The number of rotatable bonds is 12. The van der Waals surface area contributed by atoms with E-state index in [0.717, 1.165) is 30.8 Å². The normalized spacial score (nSPS) is 16.2. The molecule has 2 aromatic rings. The molecule has 0 amide bonds. The van der Waals surface area contributed by atoms with Crippen molar-refractivity contribution in [3.8, 4) is 0 Å². The van der Waals surface area contributed by atoms with Gasteiger partial charge >= 0.3 is 18.3 Å². The number of hydrazone groups is 1. The maximum Gasteiger partial charge on any atom is 0.416 e. The zero-order valence-corrected chi connectivity index (χ0v) is 31.8. The van der Waals surface area contributed by atoms with E-state index in [1.165, 1.54) is 11.9 Å². The molecule has 3 rings (SSSR count). The van der Waals surface area contributed by atoms with Crippen LogP contribution in [0.5, 0.6) is 0 Å². The number of ether oxygens (including phenoxy) is 1. The SMILES string of the molecule is C=CC.CC.CCOC(=O)CC1CCC(CN(CC)c2ncc(Br)cc2CN(Cc2cc(C(F)(F)F)cc(C(F)(F)F)c2)/C(N)=N/N(C)N)CC1. The number of benzene rings is 1. The highest BCUT2D eigenvalue weighted by Gasteiger charge is 2.37. The summed E-state index contributed by atoms with van der Waals surface area (Å²) in [6.07, 6.45) is -2.61. The molecule has 16 heteroatoms. The van der Waals surface area contributed by atoms with Crippen LogP contribution >= 0.6 is 15.9 Å². The van der Waals surface area contributed by atoms with Gasteiger partial charge in [-0.1, -0.05) is 19.9 Å². The Hall–Kier alpha value is -3.53. The van der Waals surface area contributed by atoms with Gasteiger partial charge in [0.15, 0.2) is 0 Å². The third-order valence-corrected chi connectivity index (χ3v) is 8.20. The van der Waals surface area contributed by atoms with E-state index in [2.05, 4.69) is 37.5 Å². The fourth-order valence-corrected chi connectivity index (χ4v) is 5.98. The third kappa shape index (κ3) is 15.7. The standard InChI is InChI=1S/C30H40BrF6N7O2.C3H6.C2H6/c1-4-43(16-20-8-6-19(7-9-20)12-26(45)46-5-2)27-22(13-25(31)15-40-27)18-44(28(38)41-42(3)39)17-21-10-23(29(32,33)34)14-24(11-21)30(35,36)37;1-3-2;1-2/h10-11,13-15,19-20H,4-9,12,16-18,39H2,1-3H3,(H2,38,41);3H,1H2,2H3;1-2H3. The molecule has 1 aromatic carbocycles. The van der Waals surface area contributed by atoms with Gasteiger partial charge in [0.05, 0.1) is 17.7 Å². The fourth-order valence-electron chi connectivity index (χ4n) is 5.61. The number of allylic oxidation sites excluding steroid dienone is 1. The quantitative estimate of drug-likeness (QED) is 0.0418. The molecule has 9 nitrogen and oxygen atoms in total. The first-order valence-corrected chi connectivity index (χ1v) is 17.7. The van der Waals surface area contributed by atoms with Gasteiger partial charge < -0.3 is 20.3 Å². The number of carbonyl (C=O) groups excluding carboxylic acids is 1. The summed E-state index contributed by atoms with van der Waals surface area (Å²) in [4.78, 5) is 20.0. The number of halogens is 7. The first-order valence-electron chi connectivity index (χ1n) is 16.9. The number of hydrazine groups is 1. The Morgan fingerprint density at radius 3 is 2.02 bits per heavy atom. The van der Waals surface area contributed by atoms with Gasteiger partial charge in [-0.25, -0.2) is 15.9 Å². The van der Waals surface area contributed by atoms with E-state index in [-0.39, 0.29) is 36.0 Å². The number of aromatic nitrogens is 1. The number of alkyl halides is 6. The molecular formula is C35H52BrF6N7O2. The van der Waals surface area contributed by atoms with Crippen LogP contribution in [-0.2, 0) is 35.0 Å².